The predicted octanol–water partition coefficient (Wildman–Crippen LogP) is 4.41. The summed E-state index contributed by atoms with van der Waals surface area (Å²) >= 11 is 7.41. The quantitative estimate of drug-likeness (QED) is 0.489. The number of rotatable bonds is 4. The molecule has 0 saturated heterocycles. The molecular weight excluding hydrogens is 377 g/mol. The molecule has 0 spiro atoms. The molecule has 0 amide bonds. The lowest BCUT2D eigenvalue weighted by Gasteiger charge is -2.07. The van der Waals surface area contributed by atoms with E-state index < -0.39 is 12.0 Å². The van der Waals surface area contributed by atoms with Gasteiger partial charge in [-0.15, -0.1) is 16.9 Å². The van der Waals surface area contributed by atoms with Gasteiger partial charge in [-0.25, -0.2) is 4.98 Å². The van der Waals surface area contributed by atoms with Crippen molar-refractivity contribution in [2.75, 3.05) is 7.11 Å². The third-order valence-corrected chi connectivity index (χ3v) is 4.62. The van der Waals surface area contributed by atoms with Gasteiger partial charge in [0.15, 0.2) is 0 Å². The maximum absolute atomic E-state index is 12.8. The number of benzene rings is 1. The van der Waals surface area contributed by atoms with Gasteiger partial charge in [-0.1, -0.05) is 17.7 Å². The Hall–Kier alpha value is -2.00. The number of aryl methyl sites for hydroxylation is 1. The van der Waals surface area contributed by atoms with Gasteiger partial charge in [0.2, 0.25) is 0 Å². The van der Waals surface area contributed by atoms with Crippen LogP contribution < -0.4 is 4.74 Å². The van der Waals surface area contributed by atoms with Gasteiger partial charge in [-0.2, -0.15) is 22.7 Å². The molecule has 5 nitrogen and oxygen atoms in total. The SMILES string of the molecule is COc1ccc(CSc2cc(C)nc3nc(C(F)(F)F)nn23)cc1Cl. The highest BCUT2D eigenvalue weighted by atomic mass is 35.5. The first-order valence-corrected chi connectivity index (χ1v) is 8.41. The van der Waals surface area contributed by atoms with Crippen molar-refractivity contribution in [2.24, 2.45) is 0 Å². The third kappa shape index (κ3) is 3.82. The van der Waals surface area contributed by atoms with Crippen LogP contribution in [-0.2, 0) is 11.9 Å². The van der Waals surface area contributed by atoms with Crippen LogP contribution in [0.4, 0.5) is 13.2 Å². The Kier molecular flexibility index (Phi) is 4.79. The van der Waals surface area contributed by atoms with Gasteiger partial charge in [-0.3, -0.25) is 0 Å². The second-order valence-electron chi connectivity index (χ2n) is 5.14. The number of hydrogen-bond donors (Lipinski definition) is 0. The summed E-state index contributed by atoms with van der Waals surface area (Å²) in [6.07, 6.45) is -4.62. The number of alkyl halides is 3. The number of ether oxygens (including phenoxy) is 1. The highest BCUT2D eigenvalue weighted by Crippen LogP contribution is 2.31. The summed E-state index contributed by atoms with van der Waals surface area (Å²) in [6, 6.07) is 6.99. The monoisotopic (exact) mass is 388 g/mol. The zero-order chi connectivity index (χ0) is 18.2. The molecule has 0 saturated carbocycles. The van der Waals surface area contributed by atoms with Crippen LogP contribution in [0.25, 0.3) is 5.78 Å². The highest BCUT2D eigenvalue weighted by molar-refractivity contribution is 7.98. The average Bonchev–Trinajstić information content (AvgIpc) is 2.97. The minimum atomic E-state index is -4.62. The lowest BCUT2D eigenvalue weighted by Crippen LogP contribution is -2.07. The number of hydrogen-bond acceptors (Lipinski definition) is 5. The van der Waals surface area contributed by atoms with Crippen molar-refractivity contribution in [1.29, 1.82) is 0 Å². The Morgan fingerprint density at radius 1 is 1.24 bits per heavy atom. The fourth-order valence-corrected chi connectivity index (χ4v) is 3.41. The Bertz CT molecular complexity index is 929. The molecule has 2 aromatic heterocycles. The molecule has 0 bridgehead atoms. The number of halogens is 4. The van der Waals surface area contributed by atoms with E-state index in [4.69, 9.17) is 16.3 Å². The standard InChI is InChI=1S/C15H12ClF3N4OS/c1-8-5-12(23-14(20-8)21-13(22-23)15(17,18)19)25-7-9-3-4-11(24-2)10(16)6-9/h3-6H,7H2,1-2H3. The molecule has 0 aliphatic carbocycles. The summed E-state index contributed by atoms with van der Waals surface area (Å²) in [5, 5.41) is 4.51. The van der Waals surface area contributed by atoms with Crippen LogP contribution in [-0.4, -0.2) is 26.7 Å². The fraction of sp³-hybridized carbons (Fsp3) is 0.267. The van der Waals surface area contributed by atoms with Crippen LogP contribution >= 0.6 is 23.4 Å². The lowest BCUT2D eigenvalue weighted by molar-refractivity contribution is -0.144. The first-order valence-electron chi connectivity index (χ1n) is 7.05. The maximum atomic E-state index is 12.8. The number of aromatic nitrogens is 4. The number of fused-ring (bicyclic) bond motifs is 1. The molecule has 0 aliphatic heterocycles. The van der Waals surface area contributed by atoms with Crippen LogP contribution in [0.3, 0.4) is 0 Å². The van der Waals surface area contributed by atoms with Crippen LogP contribution in [0.5, 0.6) is 5.75 Å². The molecule has 3 rings (SSSR count). The van der Waals surface area contributed by atoms with E-state index in [1.165, 1.54) is 18.9 Å². The van der Waals surface area contributed by atoms with Crippen molar-refractivity contribution >= 4 is 29.1 Å². The molecule has 1 aromatic carbocycles. The Morgan fingerprint density at radius 3 is 2.64 bits per heavy atom. The zero-order valence-electron chi connectivity index (χ0n) is 13.1. The van der Waals surface area contributed by atoms with Crippen molar-refractivity contribution in [3.05, 3.63) is 46.4 Å². The van der Waals surface area contributed by atoms with Crippen molar-refractivity contribution in [1.82, 2.24) is 19.6 Å². The van der Waals surface area contributed by atoms with E-state index >= 15 is 0 Å². The van der Waals surface area contributed by atoms with E-state index in [1.54, 1.807) is 25.1 Å². The Morgan fingerprint density at radius 2 is 2.00 bits per heavy atom. The molecule has 0 unspecified atom stereocenters. The molecule has 0 radical (unpaired) electrons. The third-order valence-electron chi connectivity index (χ3n) is 3.26. The molecule has 0 fully saturated rings. The molecule has 3 aromatic rings. The molecular formula is C15H12ClF3N4OS. The summed E-state index contributed by atoms with van der Waals surface area (Å²) in [7, 11) is 1.52. The minimum Gasteiger partial charge on any atom is -0.495 e. The summed E-state index contributed by atoms with van der Waals surface area (Å²) in [4.78, 5) is 7.46. The van der Waals surface area contributed by atoms with Gasteiger partial charge in [-0.05, 0) is 30.7 Å². The second-order valence-corrected chi connectivity index (χ2v) is 6.54. The summed E-state index contributed by atoms with van der Waals surface area (Å²) in [5.41, 5.74) is 1.46. The van der Waals surface area contributed by atoms with Crippen LogP contribution in [0.15, 0.2) is 29.3 Å². The van der Waals surface area contributed by atoms with Crippen molar-refractivity contribution < 1.29 is 17.9 Å². The van der Waals surface area contributed by atoms with Gasteiger partial charge in [0.05, 0.1) is 12.1 Å². The summed E-state index contributed by atoms with van der Waals surface area (Å²) in [6.45, 7) is 1.69. The normalized spacial score (nSPS) is 11.9. The van der Waals surface area contributed by atoms with Crippen molar-refractivity contribution in [3.8, 4) is 5.75 Å². The van der Waals surface area contributed by atoms with Crippen LogP contribution in [0.1, 0.15) is 17.1 Å². The topological polar surface area (TPSA) is 52.3 Å². The van der Waals surface area contributed by atoms with E-state index in [2.05, 4.69) is 15.1 Å². The number of nitrogens with zero attached hydrogens (tertiary/aromatic N) is 4. The van der Waals surface area contributed by atoms with E-state index in [0.29, 0.717) is 27.2 Å². The van der Waals surface area contributed by atoms with Gasteiger partial charge in [0.1, 0.15) is 10.8 Å². The number of thioether (sulfide) groups is 1. The lowest BCUT2D eigenvalue weighted by atomic mass is 10.2. The van der Waals surface area contributed by atoms with Gasteiger partial charge >= 0.3 is 6.18 Å². The molecule has 0 atom stereocenters. The molecule has 25 heavy (non-hydrogen) atoms. The van der Waals surface area contributed by atoms with Crippen molar-refractivity contribution in [3.63, 3.8) is 0 Å². The first-order chi connectivity index (χ1) is 11.8. The zero-order valence-corrected chi connectivity index (χ0v) is 14.7. The first kappa shape index (κ1) is 17.8. The Balaban J connectivity index is 1.90. The van der Waals surface area contributed by atoms with Gasteiger partial charge in [0.25, 0.3) is 11.6 Å². The number of methoxy groups -OCH3 is 1. The average molecular weight is 389 g/mol. The van der Waals surface area contributed by atoms with Crippen LogP contribution in [0.2, 0.25) is 5.02 Å². The summed E-state index contributed by atoms with van der Waals surface area (Å²) < 4.78 is 44.7. The minimum absolute atomic E-state index is 0.0809. The van der Waals surface area contributed by atoms with E-state index in [9.17, 15) is 13.2 Å². The molecule has 0 aliphatic rings. The highest BCUT2D eigenvalue weighted by Gasteiger charge is 2.36. The molecule has 2 heterocycles. The van der Waals surface area contributed by atoms with Gasteiger partial charge < -0.3 is 4.74 Å². The molecule has 132 valence electrons. The predicted molar refractivity (Wildman–Crippen MR) is 88.1 cm³/mol. The van der Waals surface area contributed by atoms with E-state index in [1.807, 2.05) is 6.07 Å². The van der Waals surface area contributed by atoms with Crippen molar-refractivity contribution in [2.45, 2.75) is 23.9 Å². The fourth-order valence-electron chi connectivity index (χ4n) is 2.13. The molecule has 10 heteroatoms. The van der Waals surface area contributed by atoms with Gasteiger partial charge in [0, 0.05) is 11.4 Å². The van der Waals surface area contributed by atoms with E-state index in [-0.39, 0.29) is 5.78 Å². The van der Waals surface area contributed by atoms with E-state index in [0.717, 1.165) is 10.1 Å². The smallest absolute Gasteiger partial charge is 0.453 e. The Labute approximate surface area is 150 Å². The largest absolute Gasteiger partial charge is 0.495 e. The summed E-state index contributed by atoms with van der Waals surface area (Å²) in [5.74, 6) is -0.241. The van der Waals surface area contributed by atoms with Crippen LogP contribution in [0, 0.1) is 6.92 Å². The second kappa shape index (κ2) is 6.72. The molecule has 0 N–H and O–H groups in total. The maximum Gasteiger partial charge on any atom is 0.453 e.